The van der Waals surface area contributed by atoms with Crippen molar-refractivity contribution in [3.8, 4) is 5.75 Å². The Bertz CT molecular complexity index is 425. The number of fused-ring (bicyclic) bond motifs is 1. The standard InChI is InChI=1S/C12H13F2NO/c13-11-9(15)1-2-10(12(11)14)16-8-4-6-3-7(6)5-8/h1-2,6-8H,3-5,15H2. The van der Waals surface area contributed by atoms with Gasteiger partial charge in [0, 0.05) is 0 Å². The van der Waals surface area contributed by atoms with E-state index in [2.05, 4.69) is 0 Å². The first-order chi connectivity index (χ1) is 7.65. The molecule has 2 atom stereocenters. The highest BCUT2D eigenvalue weighted by Gasteiger charge is 2.47. The van der Waals surface area contributed by atoms with Crippen LogP contribution in [-0.2, 0) is 0 Å². The summed E-state index contributed by atoms with van der Waals surface area (Å²) >= 11 is 0. The van der Waals surface area contributed by atoms with E-state index in [0.717, 1.165) is 24.7 Å². The van der Waals surface area contributed by atoms with Gasteiger partial charge in [0.2, 0.25) is 5.82 Å². The zero-order valence-corrected chi connectivity index (χ0v) is 8.75. The van der Waals surface area contributed by atoms with Crippen LogP contribution in [0.2, 0.25) is 0 Å². The molecule has 0 bridgehead atoms. The van der Waals surface area contributed by atoms with Crippen LogP contribution in [0.3, 0.4) is 0 Å². The Morgan fingerprint density at radius 2 is 1.75 bits per heavy atom. The maximum atomic E-state index is 13.4. The van der Waals surface area contributed by atoms with E-state index in [-0.39, 0.29) is 17.5 Å². The van der Waals surface area contributed by atoms with Crippen LogP contribution in [0.5, 0.6) is 5.75 Å². The SMILES string of the molecule is Nc1ccc(OC2CC3CC3C2)c(F)c1F. The van der Waals surface area contributed by atoms with Gasteiger partial charge in [0.05, 0.1) is 11.8 Å². The minimum Gasteiger partial charge on any atom is -0.487 e. The number of nitrogen functional groups attached to an aromatic ring is 1. The molecule has 0 aliphatic heterocycles. The second-order valence-electron chi connectivity index (χ2n) is 4.75. The number of hydrogen-bond donors (Lipinski definition) is 1. The molecule has 0 radical (unpaired) electrons. The van der Waals surface area contributed by atoms with Gasteiger partial charge in [-0.15, -0.1) is 0 Å². The monoisotopic (exact) mass is 225 g/mol. The highest BCUT2D eigenvalue weighted by atomic mass is 19.2. The summed E-state index contributed by atoms with van der Waals surface area (Å²) in [5.74, 6) is -0.488. The van der Waals surface area contributed by atoms with Crippen LogP contribution in [0.4, 0.5) is 14.5 Å². The van der Waals surface area contributed by atoms with E-state index in [1.165, 1.54) is 18.6 Å². The average molecular weight is 225 g/mol. The maximum Gasteiger partial charge on any atom is 0.202 e. The Labute approximate surface area is 92.4 Å². The Kier molecular flexibility index (Phi) is 2.06. The third kappa shape index (κ3) is 1.52. The lowest BCUT2D eigenvalue weighted by molar-refractivity contribution is 0.184. The van der Waals surface area contributed by atoms with Crippen molar-refractivity contribution in [2.24, 2.45) is 11.8 Å². The minimum absolute atomic E-state index is 0.0157. The van der Waals surface area contributed by atoms with E-state index in [1.54, 1.807) is 0 Å². The number of halogens is 2. The molecule has 0 spiro atoms. The van der Waals surface area contributed by atoms with Crippen LogP contribution in [0.25, 0.3) is 0 Å². The third-order valence-corrected chi connectivity index (χ3v) is 3.57. The predicted octanol–water partition coefficient (Wildman–Crippen LogP) is 2.72. The van der Waals surface area contributed by atoms with Crippen LogP contribution in [0.1, 0.15) is 19.3 Å². The molecule has 0 saturated heterocycles. The molecule has 2 fully saturated rings. The summed E-state index contributed by atoms with van der Waals surface area (Å²) in [4.78, 5) is 0. The van der Waals surface area contributed by atoms with Gasteiger partial charge < -0.3 is 10.5 Å². The fourth-order valence-corrected chi connectivity index (χ4v) is 2.57. The van der Waals surface area contributed by atoms with Gasteiger partial charge in [0.1, 0.15) is 0 Å². The van der Waals surface area contributed by atoms with E-state index >= 15 is 0 Å². The van der Waals surface area contributed by atoms with E-state index < -0.39 is 11.6 Å². The topological polar surface area (TPSA) is 35.2 Å². The van der Waals surface area contributed by atoms with E-state index in [0.29, 0.717) is 0 Å². The average Bonchev–Trinajstić information content (AvgIpc) is 2.88. The first-order valence-electron chi connectivity index (χ1n) is 5.55. The normalized spacial score (nSPS) is 31.2. The van der Waals surface area contributed by atoms with Crippen molar-refractivity contribution in [3.63, 3.8) is 0 Å². The molecule has 86 valence electrons. The highest BCUT2D eigenvalue weighted by Crippen LogP contribution is 2.52. The molecule has 2 aliphatic rings. The smallest absolute Gasteiger partial charge is 0.202 e. The van der Waals surface area contributed by atoms with Gasteiger partial charge in [-0.3, -0.25) is 0 Å². The number of benzene rings is 1. The second kappa shape index (κ2) is 3.34. The van der Waals surface area contributed by atoms with E-state index in [1.807, 2.05) is 0 Å². The lowest BCUT2D eigenvalue weighted by Gasteiger charge is -2.16. The Morgan fingerprint density at radius 3 is 2.44 bits per heavy atom. The predicted molar refractivity (Wildman–Crippen MR) is 56.0 cm³/mol. The first kappa shape index (κ1) is 9.87. The maximum absolute atomic E-state index is 13.4. The van der Waals surface area contributed by atoms with Gasteiger partial charge in [-0.05, 0) is 43.2 Å². The largest absolute Gasteiger partial charge is 0.487 e. The van der Waals surface area contributed by atoms with Crippen molar-refractivity contribution < 1.29 is 13.5 Å². The molecule has 16 heavy (non-hydrogen) atoms. The van der Waals surface area contributed by atoms with Gasteiger partial charge in [0.15, 0.2) is 11.6 Å². The van der Waals surface area contributed by atoms with Crippen LogP contribution in [0, 0.1) is 23.5 Å². The van der Waals surface area contributed by atoms with Crippen molar-refractivity contribution in [3.05, 3.63) is 23.8 Å². The van der Waals surface area contributed by atoms with E-state index in [4.69, 9.17) is 10.5 Å². The fourth-order valence-electron chi connectivity index (χ4n) is 2.57. The van der Waals surface area contributed by atoms with Gasteiger partial charge in [-0.2, -0.15) is 4.39 Å². The number of hydrogen-bond acceptors (Lipinski definition) is 2. The number of ether oxygens (including phenoxy) is 1. The molecule has 2 aliphatic carbocycles. The van der Waals surface area contributed by atoms with Gasteiger partial charge >= 0.3 is 0 Å². The van der Waals surface area contributed by atoms with Crippen molar-refractivity contribution in [2.75, 3.05) is 5.73 Å². The molecule has 3 rings (SSSR count). The number of rotatable bonds is 2. The molecule has 2 N–H and O–H groups in total. The zero-order chi connectivity index (χ0) is 11.3. The van der Waals surface area contributed by atoms with Gasteiger partial charge in [-0.25, -0.2) is 4.39 Å². The van der Waals surface area contributed by atoms with Gasteiger partial charge in [-0.1, -0.05) is 0 Å². The molecule has 0 heterocycles. The van der Waals surface area contributed by atoms with Crippen LogP contribution >= 0.6 is 0 Å². The summed E-state index contributed by atoms with van der Waals surface area (Å²) in [6.45, 7) is 0. The van der Waals surface area contributed by atoms with E-state index in [9.17, 15) is 8.78 Å². The molecule has 0 amide bonds. The molecular formula is C12H13F2NO. The van der Waals surface area contributed by atoms with Crippen LogP contribution in [-0.4, -0.2) is 6.10 Å². The summed E-state index contributed by atoms with van der Waals surface area (Å²) in [5.41, 5.74) is 5.07. The lowest BCUT2D eigenvalue weighted by atomic mass is 10.2. The molecule has 0 aromatic heterocycles. The molecule has 2 nitrogen and oxygen atoms in total. The molecule has 1 aromatic carbocycles. The van der Waals surface area contributed by atoms with Gasteiger partial charge in [0.25, 0.3) is 0 Å². The quantitative estimate of drug-likeness (QED) is 0.785. The zero-order valence-electron chi connectivity index (χ0n) is 8.75. The summed E-state index contributed by atoms with van der Waals surface area (Å²) in [7, 11) is 0. The van der Waals surface area contributed by atoms with Crippen molar-refractivity contribution in [1.82, 2.24) is 0 Å². The first-order valence-corrected chi connectivity index (χ1v) is 5.55. The number of anilines is 1. The number of nitrogens with two attached hydrogens (primary N) is 1. The van der Waals surface area contributed by atoms with Crippen molar-refractivity contribution >= 4 is 5.69 Å². The molecule has 1 aromatic rings. The highest BCUT2D eigenvalue weighted by molar-refractivity contribution is 5.44. The summed E-state index contributed by atoms with van der Waals surface area (Å²) in [5, 5.41) is 0. The Hall–Kier alpha value is -1.32. The molecular weight excluding hydrogens is 212 g/mol. The molecule has 4 heteroatoms. The Morgan fingerprint density at radius 1 is 1.06 bits per heavy atom. The fraction of sp³-hybridized carbons (Fsp3) is 0.500. The summed E-state index contributed by atoms with van der Waals surface area (Å²) in [6, 6.07) is 2.74. The summed E-state index contributed by atoms with van der Waals surface area (Å²) < 4.78 is 32.1. The van der Waals surface area contributed by atoms with Crippen molar-refractivity contribution in [1.29, 1.82) is 0 Å². The Balaban J connectivity index is 1.76. The van der Waals surface area contributed by atoms with Crippen molar-refractivity contribution in [2.45, 2.75) is 25.4 Å². The molecule has 2 unspecified atom stereocenters. The summed E-state index contributed by atoms with van der Waals surface area (Å²) in [6.07, 6.45) is 3.26. The molecule has 2 saturated carbocycles. The van der Waals surface area contributed by atoms with Crippen LogP contribution in [0.15, 0.2) is 12.1 Å². The minimum atomic E-state index is -1.01. The van der Waals surface area contributed by atoms with Crippen LogP contribution < -0.4 is 10.5 Å². The third-order valence-electron chi connectivity index (χ3n) is 3.57. The lowest BCUT2D eigenvalue weighted by Crippen LogP contribution is -2.15. The second-order valence-corrected chi connectivity index (χ2v) is 4.75.